The number of unbranched alkanes of at least 4 members (excludes halogenated alkanes) is 1. The van der Waals surface area contributed by atoms with Crippen molar-refractivity contribution in [1.82, 2.24) is 0 Å². The van der Waals surface area contributed by atoms with Crippen LogP contribution in [-0.2, 0) is 4.43 Å². The monoisotopic (exact) mass is 252 g/mol. The molecule has 0 bridgehead atoms. The van der Waals surface area contributed by atoms with Gasteiger partial charge in [-0.15, -0.1) is 0 Å². The first-order chi connectivity index (χ1) is 5.62. The Bertz CT molecular complexity index is 107. The smallest absolute Gasteiger partial charge is 0.186 e. The molecule has 0 saturated heterocycles. The second-order valence-corrected chi connectivity index (χ2v) is 8.86. The second-order valence-electron chi connectivity index (χ2n) is 3.75. The zero-order valence-corrected chi connectivity index (χ0v) is 11.1. The van der Waals surface area contributed by atoms with Crippen LogP contribution in [0.1, 0.15) is 26.2 Å². The van der Waals surface area contributed by atoms with Gasteiger partial charge in [-0.05, 0) is 25.6 Å². The van der Waals surface area contributed by atoms with E-state index in [1.54, 1.807) is 0 Å². The molecule has 12 heavy (non-hydrogen) atoms. The molecule has 0 heterocycles. The predicted octanol–water partition coefficient (Wildman–Crippen LogP) is 3.79. The first kappa shape index (κ1) is 12.7. The normalized spacial score (nSPS) is 12.0. The molecule has 0 N–H and O–H groups in total. The number of alkyl halides is 1. The van der Waals surface area contributed by atoms with Crippen molar-refractivity contribution < 1.29 is 4.43 Å². The van der Waals surface area contributed by atoms with E-state index in [4.69, 9.17) is 4.43 Å². The molecule has 74 valence electrons. The maximum absolute atomic E-state index is 5.88. The van der Waals surface area contributed by atoms with Crippen LogP contribution in [0.5, 0.6) is 0 Å². The summed E-state index contributed by atoms with van der Waals surface area (Å²) in [4.78, 5) is 0. The van der Waals surface area contributed by atoms with E-state index in [0.29, 0.717) is 0 Å². The van der Waals surface area contributed by atoms with Crippen LogP contribution in [0.2, 0.25) is 19.1 Å². The van der Waals surface area contributed by atoms with Crippen molar-refractivity contribution in [1.29, 1.82) is 0 Å². The summed E-state index contributed by atoms with van der Waals surface area (Å²) in [6.07, 6.45) is 3.76. The molecule has 0 unspecified atom stereocenters. The van der Waals surface area contributed by atoms with Gasteiger partial charge >= 0.3 is 0 Å². The third-order valence-electron chi connectivity index (χ3n) is 1.90. The van der Waals surface area contributed by atoms with Crippen LogP contribution in [0.4, 0.5) is 0 Å². The molecule has 0 atom stereocenters. The Balaban J connectivity index is 3.42. The molecule has 3 heteroatoms. The van der Waals surface area contributed by atoms with E-state index in [0.717, 1.165) is 18.4 Å². The van der Waals surface area contributed by atoms with Gasteiger partial charge in [0.2, 0.25) is 0 Å². The maximum atomic E-state index is 5.88. The summed E-state index contributed by atoms with van der Waals surface area (Å²) in [6, 6.07) is 1.31. The highest BCUT2D eigenvalue weighted by atomic mass is 79.9. The summed E-state index contributed by atoms with van der Waals surface area (Å²) in [7, 11) is -1.28. The van der Waals surface area contributed by atoms with Crippen molar-refractivity contribution in [3.63, 3.8) is 0 Å². The van der Waals surface area contributed by atoms with Gasteiger partial charge in [0.25, 0.3) is 0 Å². The highest BCUT2D eigenvalue weighted by Crippen LogP contribution is 2.15. The molecule has 0 saturated carbocycles. The lowest BCUT2D eigenvalue weighted by Crippen LogP contribution is -2.30. The lowest BCUT2D eigenvalue weighted by Gasteiger charge is -2.22. The maximum Gasteiger partial charge on any atom is 0.186 e. The van der Waals surface area contributed by atoms with Crippen molar-refractivity contribution in [3.8, 4) is 0 Å². The molecular formula is C9H21BrOSi. The van der Waals surface area contributed by atoms with Crippen LogP contribution in [0, 0.1) is 0 Å². The molecule has 0 spiro atoms. The van der Waals surface area contributed by atoms with Crippen molar-refractivity contribution in [2.45, 2.75) is 45.3 Å². The molecule has 0 aliphatic heterocycles. The van der Waals surface area contributed by atoms with Crippen molar-refractivity contribution in [2.24, 2.45) is 0 Å². The van der Waals surface area contributed by atoms with E-state index in [9.17, 15) is 0 Å². The van der Waals surface area contributed by atoms with E-state index in [2.05, 4.69) is 35.9 Å². The minimum absolute atomic E-state index is 0.939. The average molecular weight is 253 g/mol. The van der Waals surface area contributed by atoms with Gasteiger partial charge < -0.3 is 4.43 Å². The third-order valence-corrected chi connectivity index (χ3v) is 5.01. The Hall–Kier alpha value is 0.657. The summed E-state index contributed by atoms with van der Waals surface area (Å²) in [5.41, 5.74) is 0. The second kappa shape index (κ2) is 7.10. The minimum Gasteiger partial charge on any atom is -0.417 e. The molecule has 0 aromatic heterocycles. The summed E-state index contributed by atoms with van der Waals surface area (Å²) < 4.78 is 5.88. The van der Waals surface area contributed by atoms with Gasteiger partial charge in [-0.2, -0.15) is 0 Å². The summed E-state index contributed by atoms with van der Waals surface area (Å²) in [5.74, 6) is 0. The lowest BCUT2D eigenvalue weighted by molar-refractivity contribution is 0.307. The molecule has 0 aromatic carbocycles. The molecule has 0 aromatic rings. The standard InChI is InChI=1S/C9H21BrOSi/c1-4-5-9-12(2,3)11-8-6-7-10/h4-9H2,1-3H3. The Morgan fingerprint density at radius 2 is 1.92 bits per heavy atom. The van der Waals surface area contributed by atoms with Gasteiger partial charge in [0.15, 0.2) is 8.32 Å². The van der Waals surface area contributed by atoms with Crippen LogP contribution < -0.4 is 0 Å². The Labute approximate surface area is 86.1 Å². The Kier molecular flexibility index (Phi) is 7.49. The average Bonchev–Trinajstić information content (AvgIpc) is 2.01. The summed E-state index contributed by atoms with van der Waals surface area (Å²) in [5, 5.41) is 1.06. The number of halogens is 1. The topological polar surface area (TPSA) is 9.23 Å². The molecule has 0 amide bonds. The highest BCUT2D eigenvalue weighted by Gasteiger charge is 2.20. The van der Waals surface area contributed by atoms with E-state index < -0.39 is 8.32 Å². The van der Waals surface area contributed by atoms with Crippen LogP contribution in [0.25, 0.3) is 0 Å². The highest BCUT2D eigenvalue weighted by molar-refractivity contribution is 9.09. The Morgan fingerprint density at radius 3 is 2.42 bits per heavy atom. The fourth-order valence-electron chi connectivity index (χ4n) is 1.08. The fourth-order valence-corrected chi connectivity index (χ4v) is 3.35. The quantitative estimate of drug-likeness (QED) is 0.381. The molecule has 0 radical (unpaired) electrons. The van der Waals surface area contributed by atoms with Crippen molar-refractivity contribution >= 4 is 24.2 Å². The van der Waals surface area contributed by atoms with Gasteiger partial charge in [0, 0.05) is 11.9 Å². The molecule has 0 fully saturated rings. The first-order valence-electron chi connectivity index (χ1n) is 4.82. The van der Waals surface area contributed by atoms with Crippen LogP contribution >= 0.6 is 15.9 Å². The van der Waals surface area contributed by atoms with E-state index >= 15 is 0 Å². The van der Waals surface area contributed by atoms with Crippen LogP contribution in [-0.4, -0.2) is 20.3 Å². The first-order valence-corrected chi connectivity index (χ1v) is 9.06. The molecule has 1 nitrogen and oxygen atoms in total. The lowest BCUT2D eigenvalue weighted by atomic mass is 10.4. The van der Waals surface area contributed by atoms with E-state index in [1.807, 2.05) is 0 Å². The minimum atomic E-state index is -1.28. The molecule has 0 aliphatic carbocycles. The summed E-state index contributed by atoms with van der Waals surface area (Å²) >= 11 is 3.41. The zero-order valence-electron chi connectivity index (χ0n) is 8.53. The van der Waals surface area contributed by atoms with Gasteiger partial charge in [-0.25, -0.2) is 0 Å². The van der Waals surface area contributed by atoms with E-state index in [1.165, 1.54) is 18.9 Å². The van der Waals surface area contributed by atoms with E-state index in [-0.39, 0.29) is 0 Å². The SMILES string of the molecule is CCCC[Si](C)(C)OCCCBr. The van der Waals surface area contributed by atoms with Crippen LogP contribution in [0.15, 0.2) is 0 Å². The van der Waals surface area contributed by atoms with Crippen LogP contribution in [0.3, 0.4) is 0 Å². The largest absolute Gasteiger partial charge is 0.417 e. The predicted molar refractivity (Wildman–Crippen MR) is 61.6 cm³/mol. The number of hydrogen-bond donors (Lipinski definition) is 0. The molecule has 0 aliphatic rings. The number of rotatable bonds is 7. The van der Waals surface area contributed by atoms with Gasteiger partial charge in [0.1, 0.15) is 0 Å². The molecule has 0 rings (SSSR count). The van der Waals surface area contributed by atoms with Gasteiger partial charge in [-0.3, -0.25) is 0 Å². The Morgan fingerprint density at radius 1 is 1.25 bits per heavy atom. The van der Waals surface area contributed by atoms with Gasteiger partial charge in [0.05, 0.1) is 0 Å². The fraction of sp³-hybridized carbons (Fsp3) is 1.00. The summed E-state index contributed by atoms with van der Waals surface area (Å²) in [6.45, 7) is 7.81. The van der Waals surface area contributed by atoms with Crippen molar-refractivity contribution in [2.75, 3.05) is 11.9 Å². The van der Waals surface area contributed by atoms with Gasteiger partial charge in [-0.1, -0.05) is 35.7 Å². The number of hydrogen-bond acceptors (Lipinski definition) is 1. The van der Waals surface area contributed by atoms with Crippen molar-refractivity contribution in [3.05, 3.63) is 0 Å². The zero-order chi connectivity index (χ0) is 9.45. The third kappa shape index (κ3) is 7.31. The molecular weight excluding hydrogens is 232 g/mol.